The summed E-state index contributed by atoms with van der Waals surface area (Å²) in [6.07, 6.45) is 8.53. The van der Waals surface area contributed by atoms with Crippen molar-refractivity contribution in [1.29, 1.82) is 0 Å². The van der Waals surface area contributed by atoms with E-state index in [9.17, 15) is 9.59 Å². The van der Waals surface area contributed by atoms with E-state index < -0.39 is 0 Å². The van der Waals surface area contributed by atoms with Crippen molar-refractivity contribution in [2.75, 3.05) is 12.0 Å². The van der Waals surface area contributed by atoms with E-state index in [2.05, 4.69) is 27.7 Å². The van der Waals surface area contributed by atoms with Gasteiger partial charge in [0.1, 0.15) is 11.6 Å². The lowest BCUT2D eigenvalue weighted by atomic mass is 9.96. The largest absolute Gasteiger partial charge is 0.496 e. The van der Waals surface area contributed by atoms with E-state index in [1.165, 1.54) is 0 Å². The van der Waals surface area contributed by atoms with Crippen LogP contribution < -0.4 is 20.3 Å². The fourth-order valence-corrected chi connectivity index (χ4v) is 7.01. The number of carbonyl (C=O) groups excluding carboxylic acids is 2. The summed E-state index contributed by atoms with van der Waals surface area (Å²) in [6.45, 7) is 2.47. The number of hydrogen-bond donors (Lipinski definition) is 2. The fraction of sp³-hybridized carbons (Fsp3) is 0.441. The number of rotatable bonds is 9. The number of methoxy groups -OCH3 is 1. The topological polar surface area (TPSA) is 92.8 Å². The van der Waals surface area contributed by atoms with Crippen LogP contribution in [0, 0.1) is 6.92 Å². The normalized spacial score (nSPS) is 24.8. The summed E-state index contributed by atoms with van der Waals surface area (Å²) in [5.74, 6) is 1.47. The monoisotopic (exact) mass is 568 g/mol. The van der Waals surface area contributed by atoms with Crippen LogP contribution in [0.1, 0.15) is 76.8 Å². The maximum Gasteiger partial charge on any atom is 0.253 e. The molecular weight excluding hydrogens is 528 g/mol. The smallest absolute Gasteiger partial charge is 0.253 e. The van der Waals surface area contributed by atoms with Crippen LogP contribution in [0.5, 0.6) is 5.75 Å². The average molecular weight is 569 g/mol. The molecule has 2 amide bonds. The summed E-state index contributed by atoms with van der Waals surface area (Å²) in [5.41, 5.74) is 3.22. The van der Waals surface area contributed by atoms with E-state index in [1.54, 1.807) is 13.3 Å². The number of fused-ring (bicyclic) bond motifs is 2. The zero-order chi connectivity index (χ0) is 29.1. The van der Waals surface area contributed by atoms with Gasteiger partial charge in [0.2, 0.25) is 0 Å². The standard InChI is InChI=1S/C34H40N4O4/c1-22-28(10-6-12-30(22)41-2)34(40)36-25-18-26-15-16-27(19-25)38(26)32-17-14-24(20-35-32)33(39)37-29-11-7-13-31(29)42-21-23-8-4-3-5-9-23/h3-6,8-10,12,14,17,20,25-27,29,31H,7,11,13,15-16,18-19,21H2,1-2H3,(H,36,40)(H,37,39)/t25-,26+,27-,29-,31-/m0/s1. The third-order valence-corrected chi connectivity index (χ3v) is 9.17. The zero-order valence-corrected chi connectivity index (χ0v) is 24.4. The average Bonchev–Trinajstić information content (AvgIpc) is 3.57. The van der Waals surface area contributed by atoms with Gasteiger partial charge in [0.15, 0.2) is 0 Å². The number of ether oxygens (including phenoxy) is 2. The van der Waals surface area contributed by atoms with Gasteiger partial charge in [-0.3, -0.25) is 9.59 Å². The van der Waals surface area contributed by atoms with E-state index >= 15 is 0 Å². The van der Waals surface area contributed by atoms with E-state index in [4.69, 9.17) is 14.5 Å². The molecule has 2 aliphatic heterocycles. The molecule has 0 radical (unpaired) electrons. The molecule has 6 rings (SSSR count). The zero-order valence-electron chi connectivity index (χ0n) is 24.4. The van der Waals surface area contributed by atoms with Gasteiger partial charge in [0, 0.05) is 35.4 Å². The number of anilines is 1. The number of carbonyl (C=O) groups is 2. The Bertz CT molecular complexity index is 1380. The first kappa shape index (κ1) is 28.2. The Balaban J connectivity index is 1.04. The molecule has 2 bridgehead atoms. The van der Waals surface area contributed by atoms with Gasteiger partial charge in [0.05, 0.1) is 31.4 Å². The predicted octanol–water partition coefficient (Wildman–Crippen LogP) is 5.20. The summed E-state index contributed by atoms with van der Waals surface area (Å²) < 4.78 is 11.6. The number of piperidine rings is 1. The molecule has 1 aliphatic carbocycles. The minimum absolute atomic E-state index is 0.00623. The Kier molecular flexibility index (Phi) is 8.42. The maximum absolute atomic E-state index is 13.1. The number of aromatic nitrogens is 1. The van der Waals surface area contributed by atoms with Gasteiger partial charge in [-0.1, -0.05) is 36.4 Å². The minimum Gasteiger partial charge on any atom is -0.496 e. The van der Waals surface area contributed by atoms with Gasteiger partial charge >= 0.3 is 0 Å². The minimum atomic E-state index is -0.105. The third-order valence-electron chi connectivity index (χ3n) is 9.17. The number of benzene rings is 2. The fourth-order valence-electron chi connectivity index (χ4n) is 7.01. The number of nitrogens with one attached hydrogen (secondary N) is 2. The van der Waals surface area contributed by atoms with Crippen LogP contribution >= 0.6 is 0 Å². The van der Waals surface area contributed by atoms with Crippen molar-refractivity contribution >= 4 is 17.6 Å². The van der Waals surface area contributed by atoms with Crippen LogP contribution in [0.15, 0.2) is 66.9 Å². The Morgan fingerprint density at radius 3 is 2.40 bits per heavy atom. The molecule has 2 saturated heterocycles. The third kappa shape index (κ3) is 6.00. The Morgan fingerprint density at radius 1 is 0.905 bits per heavy atom. The second-order valence-electron chi connectivity index (χ2n) is 11.8. The van der Waals surface area contributed by atoms with Gasteiger partial charge in [-0.25, -0.2) is 4.98 Å². The van der Waals surface area contributed by atoms with Crippen molar-refractivity contribution in [2.45, 2.75) is 88.7 Å². The van der Waals surface area contributed by atoms with Gasteiger partial charge in [-0.15, -0.1) is 0 Å². The molecule has 1 aromatic heterocycles. The molecular formula is C34H40N4O4. The first-order chi connectivity index (χ1) is 20.5. The highest BCUT2D eigenvalue weighted by molar-refractivity contribution is 5.96. The van der Waals surface area contributed by atoms with Crippen LogP contribution in [0.4, 0.5) is 5.82 Å². The SMILES string of the molecule is COc1cccc(C(=O)N[C@H]2C[C@H]3CC[C@@H](C2)N3c2ccc(C(=O)N[C@H]3CCC[C@@H]3OCc3ccccc3)cn2)c1C. The van der Waals surface area contributed by atoms with Crippen molar-refractivity contribution in [3.8, 4) is 5.75 Å². The van der Waals surface area contributed by atoms with Crippen LogP contribution in [0.3, 0.4) is 0 Å². The van der Waals surface area contributed by atoms with E-state index in [1.807, 2.05) is 55.5 Å². The summed E-state index contributed by atoms with van der Waals surface area (Å²) in [5, 5.41) is 6.47. The van der Waals surface area contributed by atoms with Crippen molar-refractivity contribution in [1.82, 2.24) is 15.6 Å². The van der Waals surface area contributed by atoms with Crippen LogP contribution in [0.2, 0.25) is 0 Å². The summed E-state index contributed by atoms with van der Waals surface area (Å²) in [6, 6.07) is 20.3. The molecule has 2 aromatic carbocycles. The lowest BCUT2D eigenvalue weighted by Gasteiger charge is -2.40. The van der Waals surface area contributed by atoms with Crippen molar-refractivity contribution in [3.05, 3.63) is 89.1 Å². The van der Waals surface area contributed by atoms with E-state index in [-0.39, 0.29) is 30.0 Å². The molecule has 2 N–H and O–H groups in total. The lowest BCUT2D eigenvalue weighted by Crippen LogP contribution is -2.50. The van der Waals surface area contributed by atoms with Crippen LogP contribution in [-0.2, 0) is 11.3 Å². The second kappa shape index (κ2) is 12.5. The number of pyridine rings is 1. The molecule has 3 fully saturated rings. The van der Waals surface area contributed by atoms with Gasteiger partial charge in [-0.2, -0.15) is 0 Å². The maximum atomic E-state index is 13.1. The molecule has 3 aliphatic rings. The van der Waals surface area contributed by atoms with E-state index in [0.29, 0.717) is 29.8 Å². The Hall–Kier alpha value is -3.91. The van der Waals surface area contributed by atoms with Crippen molar-refractivity contribution in [2.24, 2.45) is 0 Å². The van der Waals surface area contributed by atoms with Crippen molar-refractivity contribution in [3.63, 3.8) is 0 Å². The van der Waals surface area contributed by atoms with Gasteiger partial charge in [0.25, 0.3) is 11.8 Å². The molecule has 8 nitrogen and oxygen atoms in total. The molecule has 1 saturated carbocycles. The highest BCUT2D eigenvalue weighted by Crippen LogP contribution is 2.39. The molecule has 3 aromatic rings. The van der Waals surface area contributed by atoms with Crippen LogP contribution in [-0.4, -0.2) is 54.2 Å². The highest BCUT2D eigenvalue weighted by Gasteiger charge is 2.42. The molecule has 5 atom stereocenters. The number of hydrogen-bond acceptors (Lipinski definition) is 6. The second-order valence-corrected chi connectivity index (χ2v) is 11.8. The summed E-state index contributed by atoms with van der Waals surface area (Å²) in [4.78, 5) is 33.3. The first-order valence-electron chi connectivity index (χ1n) is 15.2. The van der Waals surface area contributed by atoms with E-state index in [0.717, 1.165) is 67.6 Å². The predicted molar refractivity (Wildman–Crippen MR) is 162 cm³/mol. The first-order valence-corrected chi connectivity index (χ1v) is 15.2. The van der Waals surface area contributed by atoms with Crippen LogP contribution in [0.25, 0.3) is 0 Å². The van der Waals surface area contributed by atoms with Gasteiger partial charge in [-0.05, 0) is 81.7 Å². The summed E-state index contributed by atoms with van der Waals surface area (Å²) in [7, 11) is 1.62. The molecule has 42 heavy (non-hydrogen) atoms. The quantitative estimate of drug-likeness (QED) is 0.369. The van der Waals surface area contributed by atoms with Crippen molar-refractivity contribution < 1.29 is 19.1 Å². The molecule has 8 heteroatoms. The molecule has 3 heterocycles. The summed E-state index contributed by atoms with van der Waals surface area (Å²) >= 11 is 0. The highest BCUT2D eigenvalue weighted by atomic mass is 16.5. The molecule has 220 valence electrons. The molecule has 0 unspecified atom stereocenters. The Labute approximate surface area is 247 Å². The van der Waals surface area contributed by atoms with Gasteiger partial charge < -0.3 is 25.0 Å². The lowest BCUT2D eigenvalue weighted by molar-refractivity contribution is 0.0272. The number of amides is 2. The molecule has 0 spiro atoms. The number of nitrogens with zero attached hydrogens (tertiary/aromatic N) is 2. The Morgan fingerprint density at radius 2 is 1.69 bits per heavy atom.